The van der Waals surface area contributed by atoms with E-state index in [4.69, 9.17) is 0 Å². The van der Waals surface area contributed by atoms with E-state index in [9.17, 15) is 0 Å². The van der Waals surface area contributed by atoms with Crippen LogP contribution in [-0.2, 0) is 0 Å². The molecule has 0 aromatic heterocycles. The fourth-order valence-corrected chi connectivity index (χ4v) is 11.0. The summed E-state index contributed by atoms with van der Waals surface area (Å²) in [6.07, 6.45) is 33.3. The van der Waals surface area contributed by atoms with E-state index in [1.54, 1.807) is 0 Å². The summed E-state index contributed by atoms with van der Waals surface area (Å²) < 4.78 is 6.38. The molecule has 0 heterocycles. The van der Waals surface area contributed by atoms with Crippen LogP contribution in [0.4, 0.5) is 0 Å². The quantitative estimate of drug-likeness (QED) is 0.217. The van der Waals surface area contributed by atoms with Crippen LogP contribution in [0.15, 0.2) is 0 Å². The lowest BCUT2D eigenvalue weighted by atomic mass is 9.90. The highest BCUT2D eigenvalue weighted by molar-refractivity contribution is 7.55. The number of hydrogen-bond donors (Lipinski definition) is 0. The number of nitrogens with zero attached hydrogens (tertiary/aromatic N) is 3. The summed E-state index contributed by atoms with van der Waals surface area (Å²) in [5.41, 5.74) is 0. The summed E-state index contributed by atoms with van der Waals surface area (Å²) in [6, 6.07) is 4.23. The summed E-state index contributed by atoms with van der Waals surface area (Å²) in [4.78, 5) is 2.64. The molecular formula is C31H58N3P. The van der Waals surface area contributed by atoms with Crippen molar-refractivity contribution < 1.29 is 0 Å². The van der Waals surface area contributed by atoms with Gasteiger partial charge in [0, 0.05) is 36.3 Å². The predicted octanol–water partition coefficient (Wildman–Crippen LogP) is 9.35. The van der Waals surface area contributed by atoms with E-state index in [1.165, 1.54) is 128 Å². The summed E-state index contributed by atoms with van der Waals surface area (Å²) in [6.45, 7) is 9.60. The molecule has 0 spiro atoms. The van der Waals surface area contributed by atoms with Gasteiger partial charge in [-0.3, -0.25) is 14.2 Å². The Balaban J connectivity index is 1.73. The maximum absolute atomic E-state index is 4.39. The van der Waals surface area contributed by atoms with Crippen molar-refractivity contribution in [3.8, 4) is 0 Å². The Morgan fingerprint density at radius 2 is 0.714 bits per heavy atom. The van der Waals surface area contributed by atoms with Crippen LogP contribution in [0, 0.1) is 6.29 Å². The van der Waals surface area contributed by atoms with Gasteiger partial charge in [0.25, 0.3) is 0 Å². The van der Waals surface area contributed by atoms with Crippen molar-refractivity contribution in [2.75, 3.05) is 0 Å². The van der Waals surface area contributed by atoms with Gasteiger partial charge in [-0.25, -0.2) is 0 Å². The van der Waals surface area contributed by atoms with Gasteiger partial charge >= 0.3 is 0 Å². The van der Waals surface area contributed by atoms with Crippen LogP contribution in [0.1, 0.15) is 156 Å². The van der Waals surface area contributed by atoms with Crippen LogP contribution in [0.25, 0.3) is 0 Å². The third kappa shape index (κ3) is 7.68. The average molecular weight is 504 g/mol. The Labute approximate surface area is 221 Å². The van der Waals surface area contributed by atoms with Gasteiger partial charge in [0.1, 0.15) is 6.29 Å². The third-order valence-corrected chi connectivity index (χ3v) is 12.1. The Morgan fingerprint density at radius 1 is 0.457 bits per heavy atom. The van der Waals surface area contributed by atoms with Crippen LogP contribution < -0.4 is 0 Å². The van der Waals surface area contributed by atoms with Gasteiger partial charge in [-0.1, -0.05) is 77.0 Å². The summed E-state index contributed by atoms with van der Waals surface area (Å²) in [5, 5.41) is 0. The average Bonchev–Trinajstić information content (AvgIpc) is 2.89. The van der Waals surface area contributed by atoms with Gasteiger partial charge in [-0.2, -0.15) is 0 Å². The van der Waals surface area contributed by atoms with E-state index in [1.807, 2.05) is 0 Å². The van der Waals surface area contributed by atoms with E-state index < -0.39 is 8.22 Å². The smallest absolute Gasteiger partial charge is 0.124 e. The van der Waals surface area contributed by atoms with E-state index in [0.29, 0.717) is 12.1 Å². The lowest BCUT2D eigenvalue weighted by Crippen LogP contribution is -2.51. The minimum absolute atomic E-state index is 0.527. The monoisotopic (exact) mass is 503 g/mol. The van der Waals surface area contributed by atoms with Gasteiger partial charge < -0.3 is 0 Å². The molecule has 0 aromatic rings. The lowest BCUT2D eigenvalue weighted by Gasteiger charge is -2.55. The van der Waals surface area contributed by atoms with Crippen molar-refractivity contribution in [3.63, 3.8) is 0 Å². The van der Waals surface area contributed by atoms with Crippen molar-refractivity contribution in [3.05, 3.63) is 6.29 Å². The molecule has 3 nitrogen and oxygen atoms in total. The summed E-state index contributed by atoms with van der Waals surface area (Å²) in [5.74, 6) is 0. The molecule has 4 aliphatic carbocycles. The van der Waals surface area contributed by atoms with Crippen molar-refractivity contribution in [1.82, 2.24) is 14.2 Å². The first-order chi connectivity index (χ1) is 17.1. The topological polar surface area (TPSA) is 9.72 Å². The molecule has 0 atom stereocenters. The minimum atomic E-state index is -0.541. The van der Waals surface area contributed by atoms with Crippen LogP contribution in [0.5, 0.6) is 0 Å². The highest BCUT2D eigenvalue weighted by Crippen LogP contribution is 2.58. The van der Waals surface area contributed by atoms with Crippen LogP contribution >= 0.6 is 8.22 Å². The van der Waals surface area contributed by atoms with Gasteiger partial charge in [0.2, 0.25) is 0 Å². The fourth-order valence-electron chi connectivity index (χ4n) is 7.75. The molecule has 0 aliphatic heterocycles. The van der Waals surface area contributed by atoms with Gasteiger partial charge in [0.05, 0.1) is 8.22 Å². The van der Waals surface area contributed by atoms with E-state index in [0.717, 1.165) is 24.2 Å². The first kappa shape index (κ1) is 28.3. The molecule has 0 unspecified atom stereocenters. The molecule has 0 aromatic carbocycles. The largest absolute Gasteiger partial charge is 0.283 e. The Morgan fingerprint density at radius 3 is 0.943 bits per heavy atom. The second kappa shape index (κ2) is 14.5. The Bertz CT molecular complexity index is 488. The van der Waals surface area contributed by atoms with Crippen molar-refractivity contribution in [2.24, 2.45) is 0 Å². The highest BCUT2D eigenvalue weighted by atomic mass is 31.1. The molecule has 4 saturated carbocycles. The molecule has 4 aliphatic rings. The first-order valence-corrected chi connectivity index (χ1v) is 17.2. The van der Waals surface area contributed by atoms with Crippen molar-refractivity contribution in [1.29, 1.82) is 0 Å². The van der Waals surface area contributed by atoms with Crippen molar-refractivity contribution >= 4 is 8.22 Å². The minimum Gasteiger partial charge on any atom is -0.283 e. The molecule has 2 radical (unpaired) electrons. The predicted molar refractivity (Wildman–Crippen MR) is 153 cm³/mol. The maximum atomic E-state index is 4.39. The number of rotatable bonds is 10. The SMILES string of the molecule is CC(C)N([C]P(N(C1CCCCC1)C1CCCCC1)N(C1CCCCC1)C1CCCCC1)C(C)C. The molecular weight excluding hydrogens is 445 g/mol. The van der Waals surface area contributed by atoms with Gasteiger partial charge in [-0.15, -0.1) is 0 Å². The van der Waals surface area contributed by atoms with E-state index in [2.05, 4.69) is 48.2 Å². The first-order valence-electron chi connectivity index (χ1n) is 16.0. The Hall–Kier alpha value is 0.310. The Kier molecular flexibility index (Phi) is 11.7. The zero-order valence-corrected chi connectivity index (χ0v) is 24.8. The molecule has 4 fully saturated rings. The summed E-state index contributed by atoms with van der Waals surface area (Å²) in [7, 11) is -0.541. The van der Waals surface area contributed by atoms with Crippen LogP contribution in [0.2, 0.25) is 0 Å². The molecule has 0 N–H and O–H groups in total. The molecule has 0 amide bonds. The number of hydrogen-bond acceptors (Lipinski definition) is 3. The zero-order valence-electron chi connectivity index (χ0n) is 23.9. The molecule has 4 rings (SSSR count). The fraction of sp³-hybridized carbons (Fsp3) is 0.968. The van der Waals surface area contributed by atoms with Crippen molar-refractivity contribution in [2.45, 2.75) is 192 Å². The zero-order chi connectivity index (χ0) is 24.6. The maximum Gasteiger partial charge on any atom is 0.124 e. The van der Waals surface area contributed by atoms with Crippen LogP contribution in [0.3, 0.4) is 0 Å². The second-order valence-electron chi connectivity index (χ2n) is 12.9. The van der Waals surface area contributed by atoms with Gasteiger partial charge in [0.15, 0.2) is 0 Å². The normalized spacial score (nSPS) is 25.2. The molecule has 0 saturated heterocycles. The molecule has 4 heteroatoms. The van der Waals surface area contributed by atoms with E-state index in [-0.39, 0.29) is 0 Å². The molecule has 35 heavy (non-hydrogen) atoms. The standard InChI is InChI=1S/C31H58N3P/c1-26(2)32(27(3)4)25-35(33(28-17-9-5-10-18-28)29-19-11-6-12-20-29)34(30-21-13-7-14-22-30)31-23-15-8-16-24-31/h26-31H,5-24H2,1-4H3. The molecule has 202 valence electrons. The van der Waals surface area contributed by atoms with E-state index >= 15 is 0 Å². The van der Waals surface area contributed by atoms with Gasteiger partial charge in [-0.05, 0) is 79.1 Å². The highest BCUT2D eigenvalue weighted by Gasteiger charge is 2.44. The summed E-state index contributed by atoms with van der Waals surface area (Å²) >= 11 is 0. The van der Waals surface area contributed by atoms with Crippen LogP contribution in [-0.4, -0.2) is 50.5 Å². The molecule has 0 bridgehead atoms. The second-order valence-corrected chi connectivity index (χ2v) is 14.6. The third-order valence-electron chi connectivity index (χ3n) is 9.55. The lowest BCUT2D eigenvalue weighted by molar-refractivity contribution is 0.128.